The normalized spacial score (nSPS) is 10.6. The number of benzene rings is 1. The fraction of sp³-hybridized carbons (Fsp3) is 0.250. The lowest BCUT2D eigenvalue weighted by atomic mass is 10.3. The van der Waals surface area contributed by atoms with E-state index in [1.54, 1.807) is 18.2 Å². The maximum atomic E-state index is 11.9. The number of hydrogen-bond donors (Lipinski definition) is 2. The number of nitrogens with zero attached hydrogens (tertiary/aromatic N) is 3. The number of thioether (sulfide) groups is 1. The van der Waals surface area contributed by atoms with Crippen LogP contribution in [0.4, 0.5) is 5.69 Å². The molecule has 6 nitrogen and oxygen atoms in total. The highest BCUT2D eigenvalue weighted by molar-refractivity contribution is 7.99. The smallest absolute Gasteiger partial charge is 0.234 e. The van der Waals surface area contributed by atoms with E-state index in [1.165, 1.54) is 16.4 Å². The number of carbonyl (C=O) groups excluding carboxylic acids is 1. The van der Waals surface area contributed by atoms with Crippen molar-refractivity contribution in [3.63, 3.8) is 0 Å². The lowest BCUT2D eigenvalue weighted by Gasteiger charge is -2.07. The summed E-state index contributed by atoms with van der Waals surface area (Å²) in [5.41, 5.74) is 0.509. The molecule has 0 aliphatic carbocycles. The van der Waals surface area contributed by atoms with Crippen molar-refractivity contribution in [1.82, 2.24) is 14.9 Å². The van der Waals surface area contributed by atoms with E-state index in [9.17, 15) is 4.79 Å². The molecule has 1 heterocycles. The molecule has 9 heteroatoms. The molecule has 112 valence electrons. The lowest BCUT2D eigenvalue weighted by Crippen LogP contribution is -2.17. The van der Waals surface area contributed by atoms with Crippen LogP contribution in [0.25, 0.3) is 0 Å². The van der Waals surface area contributed by atoms with E-state index in [1.807, 2.05) is 6.92 Å². The van der Waals surface area contributed by atoms with Gasteiger partial charge >= 0.3 is 0 Å². The Bertz CT molecular complexity index is 661. The fourth-order valence-electron chi connectivity index (χ4n) is 1.55. The van der Waals surface area contributed by atoms with E-state index in [0.717, 1.165) is 0 Å². The van der Waals surface area contributed by atoms with Crippen LogP contribution in [0.15, 0.2) is 23.4 Å². The van der Waals surface area contributed by atoms with Gasteiger partial charge < -0.3 is 11.2 Å². The monoisotopic (exact) mass is 345 g/mol. The SMILES string of the molecule is CCc1nnc(SCC(=O)Nc2ccc(Cl)cc2Cl)n1N. The number of aromatic nitrogens is 3. The first-order chi connectivity index (χ1) is 10.0. The Labute approximate surface area is 136 Å². The van der Waals surface area contributed by atoms with Crippen molar-refractivity contribution in [1.29, 1.82) is 0 Å². The van der Waals surface area contributed by atoms with Gasteiger partial charge in [0.05, 0.1) is 16.5 Å². The van der Waals surface area contributed by atoms with Crippen molar-refractivity contribution < 1.29 is 4.79 Å². The van der Waals surface area contributed by atoms with E-state index in [4.69, 9.17) is 29.0 Å². The van der Waals surface area contributed by atoms with Gasteiger partial charge in [0.25, 0.3) is 0 Å². The predicted molar refractivity (Wildman–Crippen MR) is 85.4 cm³/mol. The first-order valence-corrected chi connectivity index (χ1v) is 7.82. The number of nitrogens with one attached hydrogen (secondary N) is 1. The quantitative estimate of drug-likeness (QED) is 0.642. The molecule has 3 N–H and O–H groups in total. The zero-order valence-corrected chi connectivity index (χ0v) is 13.5. The number of nitrogens with two attached hydrogens (primary N) is 1. The maximum Gasteiger partial charge on any atom is 0.234 e. The summed E-state index contributed by atoms with van der Waals surface area (Å²) in [7, 11) is 0. The highest BCUT2D eigenvalue weighted by Gasteiger charge is 2.12. The summed E-state index contributed by atoms with van der Waals surface area (Å²) in [4.78, 5) is 11.9. The maximum absolute atomic E-state index is 11.9. The fourth-order valence-corrected chi connectivity index (χ4v) is 2.69. The molecule has 1 aromatic heterocycles. The molecule has 0 unspecified atom stereocenters. The van der Waals surface area contributed by atoms with Crippen LogP contribution in [0.3, 0.4) is 0 Å². The average Bonchev–Trinajstić information content (AvgIpc) is 2.80. The van der Waals surface area contributed by atoms with Gasteiger partial charge in [0.15, 0.2) is 5.82 Å². The van der Waals surface area contributed by atoms with E-state index in [0.29, 0.717) is 33.1 Å². The average molecular weight is 346 g/mol. The standard InChI is InChI=1S/C12H13Cl2N5OS/c1-2-10-17-18-12(19(10)15)21-6-11(20)16-9-4-3-7(13)5-8(9)14/h3-5H,2,6,15H2,1H3,(H,16,20). The van der Waals surface area contributed by atoms with Crippen LogP contribution >= 0.6 is 35.0 Å². The van der Waals surface area contributed by atoms with Gasteiger partial charge in [-0.25, -0.2) is 4.68 Å². The summed E-state index contributed by atoms with van der Waals surface area (Å²) in [6.07, 6.45) is 0.677. The Morgan fingerprint density at radius 3 is 2.81 bits per heavy atom. The molecular weight excluding hydrogens is 333 g/mol. The molecule has 1 amide bonds. The number of aryl methyl sites for hydroxylation is 1. The number of anilines is 1. The van der Waals surface area contributed by atoms with Crippen molar-refractivity contribution in [2.45, 2.75) is 18.5 Å². The largest absolute Gasteiger partial charge is 0.336 e. The van der Waals surface area contributed by atoms with Crippen LogP contribution < -0.4 is 11.2 Å². The highest BCUT2D eigenvalue weighted by Crippen LogP contribution is 2.25. The van der Waals surface area contributed by atoms with Gasteiger partial charge in [0.1, 0.15) is 0 Å². The summed E-state index contributed by atoms with van der Waals surface area (Å²) in [5, 5.41) is 11.9. The van der Waals surface area contributed by atoms with Crippen LogP contribution in [0.2, 0.25) is 10.0 Å². The van der Waals surface area contributed by atoms with E-state index in [2.05, 4.69) is 15.5 Å². The Morgan fingerprint density at radius 1 is 1.43 bits per heavy atom. The second kappa shape index (κ2) is 7.02. The van der Waals surface area contributed by atoms with Crippen molar-refractivity contribution in [2.75, 3.05) is 16.9 Å². The zero-order valence-electron chi connectivity index (χ0n) is 11.1. The minimum absolute atomic E-state index is 0.151. The topological polar surface area (TPSA) is 85.8 Å². The number of amides is 1. The van der Waals surface area contributed by atoms with Crippen molar-refractivity contribution in [2.24, 2.45) is 0 Å². The van der Waals surface area contributed by atoms with Crippen molar-refractivity contribution in [3.05, 3.63) is 34.1 Å². The van der Waals surface area contributed by atoms with Gasteiger partial charge in [-0.3, -0.25) is 4.79 Å². The van der Waals surface area contributed by atoms with Crippen LogP contribution in [-0.2, 0) is 11.2 Å². The molecule has 0 aliphatic heterocycles. The summed E-state index contributed by atoms with van der Waals surface area (Å²) in [6, 6.07) is 4.87. The van der Waals surface area contributed by atoms with Gasteiger partial charge in [0.2, 0.25) is 11.1 Å². The third kappa shape index (κ3) is 4.03. The van der Waals surface area contributed by atoms with Gasteiger partial charge in [-0.05, 0) is 18.2 Å². The first kappa shape index (κ1) is 15.9. The van der Waals surface area contributed by atoms with E-state index < -0.39 is 0 Å². The minimum Gasteiger partial charge on any atom is -0.336 e. The molecule has 0 bridgehead atoms. The lowest BCUT2D eigenvalue weighted by molar-refractivity contribution is -0.113. The second-order valence-corrected chi connectivity index (χ2v) is 5.87. The highest BCUT2D eigenvalue weighted by atomic mass is 35.5. The molecule has 2 rings (SSSR count). The number of hydrogen-bond acceptors (Lipinski definition) is 5. The Morgan fingerprint density at radius 2 is 2.19 bits per heavy atom. The summed E-state index contributed by atoms with van der Waals surface area (Å²) in [6.45, 7) is 1.93. The Kier molecular flexibility index (Phi) is 5.33. The summed E-state index contributed by atoms with van der Waals surface area (Å²) < 4.78 is 1.38. The summed E-state index contributed by atoms with van der Waals surface area (Å²) in [5.74, 6) is 6.40. The Hall–Kier alpha value is -1.44. The molecule has 0 aliphatic rings. The first-order valence-electron chi connectivity index (χ1n) is 6.08. The minimum atomic E-state index is -0.217. The van der Waals surface area contributed by atoms with Gasteiger partial charge in [-0.15, -0.1) is 10.2 Å². The van der Waals surface area contributed by atoms with Crippen LogP contribution in [-0.4, -0.2) is 26.5 Å². The summed E-state index contributed by atoms with van der Waals surface area (Å²) >= 11 is 13.0. The molecular formula is C12H13Cl2N5OS. The van der Waals surface area contributed by atoms with E-state index >= 15 is 0 Å². The number of nitrogen functional groups attached to an aromatic ring is 1. The van der Waals surface area contributed by atoms with Crippen LogP contribution in [0.1, 0.15) is 12.7 Å². The van der Waals surface area contributed by atoms with Crippen LogP contribution in [0.5, 0.6) is 0 Å². The molecule has 21 heavy (non-hydrogen) atoms. The molecule has 0 fully saturated rings. The molecule has 0 spiro atoms. The number of rotatable bonds is 5. The van der Waals surface area contributed by atoms with Crippen LogP contribution in [0, 0.1) is 0 Å². The van der Waals surface area contributed by atoms with Crippen molar-refractivity contribution in [3.8, 4) is 0 Å². The van der Waals surface area contributed by atoms with E-state index in [-0.39, 0.29) is 11.7 Å². The predicted octanol–water partition coefficient (Wildman–Crippen LogP) is 2.59. The number of halogens is 2. The Balaban J connectivity index is 1.94. The van der Waals surface area contributed by atoms with Gasteiger partial charge in [-0.2, -0.15) is 0 Å². The molecule has 0 saturated carbocycles. The molecule has 0 atom stereocenters. The van der Waals surface area contributed by atoms with Crippen molar-refractivity contribution >= 4 is 46.6 Å². The molecule has 2 aromatic rings. The number of carbonyl (C=O) groups is 1. The van der Waals surface area contributed by atoms with Gasteiger partial charge in [-0.1, -0.05) is 41.9 Å². The van der Waals surface area contributed by atoms with Gasteiger partial charge in [0, 0.05) is 11.4 Å². The molecule has 0 radical (unpaired) electrons. The molecule has 1 aromatic carbocycles. The zero-order chi connectivity index (χ0) is 15.4. The third-order valence-electron chi connectivity index (χ3n) is 2.59. The third-order valence-corrected chi connectivity index (χ3v) is 4.08. The molecule has 0 saturated heterocycles. The second-order valence-electron chi connectivity index (χ2n) is 4.08.